The van der Waals surface area contributed by atoms with Crippen LogP contribution in [-0.2, 0) is 18.9 Å². The Bertz CT molecular complexity index is 415. The van der Waals surface area contributed by atoms with Crippen molar-refractivity contribution in [3.63, 3.8) is 0 Å². The van der Waals surface area contributed by atoms with Crippen molar-refractivity contribution in [2.24, 2.45) is 0 Å². The van der Waals surface area contributed by atoms with E-state index in [4.69, 9.17) is 18.9 Å². The van der Waals surface area contributed by atoms with Crippen molar-refractivity contribution in [2.45, 2.75) is 25.4 Å². The van der Waals surface area contributed by atoms with Crippen LogP contribution in [0.5, 0.6) is 0 Å². The highest BCUT2D eigenvalue weighted by Crippen LogP contribution is 2.42. The third-order valence-corrected chi connectivity index (χ3v) is 6.35. The number of rotatable bonds is 8. The molecule has 6 nitrogen and oxygen atoms in total. The predicted octanol–water partition coefficient (Wildman–Crippen LogP) is 1.75. The number of fused-ring (bicyclic) bond motifs is 1. The maximum Gasteiger partial charge on any atom is 0.0782 e. The van der Waals surface area contributed by atoms with Gasteiger partial charge in [0.25, 0.3) is 0 Å². The van der Waals surface area contributed by atoms with Gasteiger partial charge < -0.3 is 18.9 Å². The van der Waals surface area contributed by atoms with Gasteiger partial charge in [-0.05, 0) is 13.8 Å². The maximum atomic E-state index is 6.05. The molecule has 0 aromatic rings. The number of hydrogen-bond donors (Lipinski definition) is 0. The summed E-state index contributed by atoms with van der Waals surface area (Å²) in [7, 11) is 0. The van der Waals surface area contributed by atoms with Gasteiger partial charge in [-0.2, -0.15) is 11.8 Å². The van der Waals surface area contributed by atoms with E-state index in [9.17, 15) is 0 Å². The van der Waals surface area contributed by atoms with Gasteiger partial charge in [0.05, 0.1) is 51.8 Å². The summed E-state index contributed by atoms with van der Waals surface area (Å²) < 4.78 is 22.8. The van der Waals surface area contributed by atoms with Crippen LogP contribution in [0.2, 0.25) is 0 Å². The van der Waals surface area contributed by atoms with Gasteiger partial charge in [0, 0.05) is 50.3 Å². The van der Waals surface area contributed by atoms with Gasteiger partial charge in [-0.15, -0.1) is 6.58 Å². The van der Waals surface area contributed by atoms with E-state index in [0.717, 1.165) is 70.7 Å². The number of thioether (sulfide) groups is 1. The molecule has 158 valence electrons. The third-order valence-electron chi connectivity index (χ3n) is 5.42. The molecule has 0 aromatic heterocycles. The van der Waals surface area contributed by atoms with Crippen LogP contribution in [0, 0.1) is 0 Å². The van der Waals surface area contributed by atoms with Crippen molar-refractivity contribution in [3.05, 3.63) is 12.7 Å². The van der Waals surface area contributed by atoms with Crippen molar-refractivity contribution in [2.75, 3.05) is 90.5 Å². The fourth-order valence-electron chi connectivity index (χ4n) is 3.53. The molecule has 0 aliphatic carbocycles. The molecular formula is C20H38N2O4S. The van der Waals surface area contributed by atoms with Crippen molar-refractivity contribution < 1.29 is 18.9 Å². The second-order valence-corrected chi connectivity index (χ2v) is 8.22. The van der Waals surface area contributed by atoms with E-state index in [2.05, 4.69) is 29.4 Å². The minimum absolute atomic E-state index is 0.0322. The number of nitrogens with zero attached hydrogens (tertiary/aromatic N) is 2. The first-order valence-corrected chi connectivity index (χ1v) is 11.4. The molecule has 27 heavy (non-hydrogen) atoms. The fraction of sp³-hybridized carbons (Fsp3) is 0.900. The van der Waals surface area contributed by atoms with Crippen LogP contribution in [0.15, 0.2) is 12.7 Å². The van der Waals surface area contributed by atoms with Crippen molar-refractivity contribution in [1.29, 1.82) is 0 Å². The average molecular weight is 403 g/mol. The fourth-order valence-corrected chi connectivity index (χ4v) is 4.29. The summed E-state index contributed by atoms with van der Waals surface area (Å²) in [6.45, 7) is 17.9. The molecule has 2 aliphatic heterocycles. The molecular weight excluding hydrogens is 364 g/mol. The normalized spacial score (nSPS) is 31.5. The van der Waals surface area contributed by atoms with Crippen LogP contribution in [-0.4, -0.2) is 112 Å². The zero-order chi connectivity index (χ0) is 19.4. The van der Waals surface area contributed by atoms with Gasteiger partial charge in [-0.3, -0.25) is 9.80 Å². The molecule has 2 unspecified atom stereocenters. The molecule has 0 aromatic carbocycles. The molecule has 2 saturated heterocycles. The van der Waals surface area contributed by atoms with E-state index in [-0.39, 0.29) is 5.54 Å². The van der Waals surface area contributed by atoms with Gasteiger partial charge >= 0.3 is 0 Å². The summed E-state index contributed by atoms with van der Waals surface area (Å²) in [5, 5.41) is 0. The molecule has 0 radical (unpaired) electrons. The second kappa shape index (κ2) is 13.1. The minimum atomic E-state index is 0.0322. The van der Waals surface area contributed by atoms with Gasteiger partial charge in [-0.25, -0.2) is 0 Å². The molecule has 2 heterocycles. The van der Waals surface area contributed by atoms with Crippen LogP contribution in [0.25, 0.3) is 0 Å². The zero-order valence-electron chi connectivity index (χ0n) is 17.2. The third kappa shape index (κ3) is 7.65. The molecule has 0 N–H and O–H groups in total. The first kappa shape index (κ1) is 23.1. The Morgan fingerprint density at radius 1 is 1.07 bits per heavy atom. The molecule has 0 bridgehead atoms. The summed E-state index contributed by atoms with van der Waals surface area (Å²) in [6.07, 6.45) is 2.08. The smallest absolute Gasteiger partial charge is 0.0782 e. The topological polar surface area (TPSA) is 43.2 Å². The molecule has 2 aliphatic rings. The molecule has 2 fully saturated rings. The lowest BCUT2D eigenvalue weighted by Crippen LogP contribution is -2.35. The summed E-state index contributed by atoms with van der Waals surface area (Å²) in [6, 6.07) is 0.523. The van der Waals surface area contributed by atoms with E-state index in [1.807, 2.05) is 18.7 Å². The summed E-state index contributed by atoms with van der Waals surface area (Å²) >= 11 is 1.96. The second-order valence-electron chi connectivity index (χ2n) is 6.99. The van der Waals surface area contributed by atoms with E-state index in [0.29, 0.717) is 25.9 Å². The van der Waals surface area contributed by atoms with Gasteiger partial charge in [-0.1, -0.05) is 6.08 Å². The van der Waals surface area contributed by atoms with Gasteiger partial charge in [0.1, 0.15) is 0 Å². The Kier molecular flexibility index (Phi) is 11.3. The highest BCUT2D eigenvalue weighted by atomic mass is 32.2. The highest BCUT2D eigenvalue weighted by Gasteiger charge is 2.57. The zero-order valence-corrected chi connectivity index (χ0v) is 18.0. The van der Waals surface area contributed by atoms with Gasteiger partial charge in [0.15, 0.2) is 0 Å². The SMILES string of the molecule is C=CC12COCCN(CCOCCOCC)CCOCCSCCN1[C@@H]2C. The molecule has 3 atom stereocenters. The van der Waals surface area contributed by atoms with E-state index in [1.54, 1.807) is 0 Å². The summed E-state index contributed by atoms with van der Waals surface area (Å²) in [5.74, 6) is 2.19. The Balaban J connectivity index is 1.74. The van der Waals surface area contributed by atoms with E-state index in [1.165, 1.54) is 0 Å². The van der Waals surface area contributed by atoms with E-state index < -0.39 is 0 Å². The first-order chi connectivity index (χ1) is 13.2. The Labute approximate surface area is 169 Å². The summed E-state index contributed by atoms with van der Waals surface area (Å²) in [5.41, 5.74) is 0.0322. The van der Waals surface area contributed by atoms with Crippen molar-refractivity contribution in [3.8, 4) is 0 Å². The Morgan fingerprint density at radius 3 is 2.63 bits per heavy atom. The molecule has 0 amide bonds. The molecule has 0 spiro atoms. The Morgan fingerprint density at radius 2 is 1.85 bits per heavy atom. The highest BCUT2D eigenvalue weighted by molar-refractivity contribution is 7.99. The quantitative estimate of drug-likeness (QED) is 0.348. The molecule has 2 rings (SSSR count). The van der Waals surface area contributed by atoms with E-state index >= 15 is 0 Å². The summed E-state index contributed by atoms with van der Waals surface area (Å²) in [4.78, 5) is 4.86. The molecule has 7 heteroatoms. The first-order valence-electron chi connectivity index (χ1n) is 10.3. The van der Waals surface area contributed by atoms with Crippen LogP contribution >= 0.6 is 11.8 Å². The van der Waals surface area contributed by atoms with Crippen LogP contribution < -0.4 is 0 Å². The lowest BCUT2D eigenvalue weighted by Gasteiger charge is -2.23. The van der Waals surface area contributed by atoms with Crippen molar-refractivity contribution in [1.82, 2.24) is 9.80 Å². The predicted molar refractivity (Wildman–Crippen MR) is 112 cm³/mol. The Hall–Kier alpha value is -0.150. The van der Waals surface area contributed by atoms with Crippen LogP contribution in [0.1, 0.15) is 13.8 Å². The number of ether oxygens (including phenoxy) is 4. The standard InChI is InChI=1S/C20H38N2O4S/c1-4-20-18-26-12-8-21(6-10-24-14-13-23-5-2)7-11-25-15-17-27-16-9-22(20)19(20)3/h4,19H,1,5-18H2,2-3H3/t19-,20?,22?/m1/s1. The lowest BCUT2D eigenvalue weighted by molar-refractivity contribution is 0.0286. The molecule has 0 saturated carbocycles. The maximum absolute atomic E-state index is 6.05. The average Bonchev–Trinajstić information content (AvgIpc) is 3.24. The minimum Gasteiger partial charge on any atom is -0.379 e. The monoisotopic (exact) mass is 402 g/mol. The van der Waals surface area contributed by atoms with Crippen LogP contribution in [0.4, 0.5) is 0 Å². The number of hydrogen-bond acceptors (Lipinski definition) is 7. The van der Waals surface area contributed by atoms with Crippen LogP contribution in [0.3, 0.4) is 0 Å². The van der Waals surface area contributed by atoms with Crippen molar-refractivity contribution >= 4 is 11.8 Å². The largest absolute Gasteiger partial charge is 0.379 e. The van der Waals surface area contributed by atoms with Gasteiger partial charge in [0.2, 0.25) is 0 Å². The lowest BCUT2D eigenvalue weighted by atomic mass is 10.1.